The predicted molar refractivity (Wildman–Crippen MR) is 253 cm³/mol. The fourth-order valence-electron chi connectivity index (χ4n) is 11.5. The number of nitrogens with one attached hydrogen (secondary N) is 4. The second-order valence-corrected chi connectivity index (χ2v) is 19.3. The SMILES string of the molecule is CCOC(=O)NCC(=O)N1C(c2nc3c(ccc4cc5c(cc43)OCc3cc(-c4cnc(CN(C(=O)CNC=O)[C@H](CC)C6(C)CCC[C@@H](C)O6)[nH]4)ccc3-5)[nH]2)CC[C@@H]1C1(C)CCC[C@@H](C)O1. The lowest BCUT2D eigenvalue weighted by atomic mass is 9.84. The van der Waals surface area contributed by atoms with Crippen molar-refractivity contribution >= 4 is 46.1 Å². The molecule has 0 aliphatic carbocycles. The quantitative estimate of drug-likeness (QED) is 0.0794. The van der Waals surface area contributed by atoms with E-state index >= 15 is 0 Å². The average Bonchev–Trinajstić information content (AvgIpc) is 4.09. The smallest absolute Gasteiger partial charge is 0.407 e. The summed E-state index contributed by atoms with van der Waals surface area (Å²) in [5.41, 5.74) is 5.45. The maximum absolute atomic E-state index is 14.1. The number of amides is 4. The van der Waals surface area contributed by atoms with Crippen LogP contribution in [0.25, 0.3) is 44.2 Å². The zero-order valence-electron chi connectivity index (χ0n) is 39.5. The number of nitrogens with zero attached hydrogens (tertiary/aromatic N) is 4. The Morgan fingerprint density at radius 1 is 0.970 bits per heavy atom. The molecule has 6 heterocycles. The first kappa shape index (κ1) is 46.1. The molecule has 5 aromatic rings. The van der Waals surface area contributed by atoms with E-state index in [9.17, 15) is 19.2 Å². The van der Waals surface area contributed by atoms with E-state index in [1.54, 1.807) is 18.0 Å². The molecule has 4 aliphatic rings. The number of rotatable bonds is 14. The number of ether oxygens (including phenoxy) is 4. The summed E-state index contributed by atoms with van der Waals surface area (Å²) in [6.45, 7) is 12.7. The van der Waals surface area contributed by atoms with Crippen molar-refractivity contribution in [1.29, 1.82) is 0 Å². The number of hydrogen-bond acceptors (Lipinski definition) is 10. The lowest BCUT2D eigenvalue weighted by molar-refractivity contribution is -0.166. The van der Waals surface area contributed by atoms with E-state index in [4.69, 9.17) is 28.9 Å². The van der Waals surface area contributed by atoms with Gasteiger partial charge in [-0.15, -0.1) is 0 Å². The minimum Gasteiger partial charge on any atom is -0.488 e. The van der Waals surface area contributed by atoms with Crippen molar-refractivity contribution in [3.05, 3.63) is 65.9 Å². The molecule has 7 atom stereocenters. The standard InChI is InChI=1S/C51H64N8O8/c1-7-42(50(5)19-9-11-30(3)66-50)58(45(61)25-52-29-60)27-44-53-24-39(55-44)33-13-15-35-34(21-33)28-65-41-23-36-32(22-37(35)41)14-16-38-47(36)57-48(56-38)40-17-18-43(51(6)20-10-12-31(4)67-51)59(40)46(62)26-54-49(63)64-8-2/h13-16,21-24,29-31,40,42-43H,7-12,17-20,25-28H2,1-6H3,(H,52,60)(H,53,55)(H,54,63)(H,56,57)/t30-,31-,40?,42-,43-,50?,51?/m1/s1. The molecule has 16 heteroatoms. The van der Waals surface area contributed by atoms with Crippen molar-refractivity contribution in [1.82, 2.24) is 40.4 Å². The molecule has 0 bridgehead atoms. The van der Waals surface area contributed by atoms with Gasteiger partial charge >= 0.3 is 6.09 Å². The van der Waals surface area contributed by atoms with Crippen LogP contribution in [0, 0.1) is 0 Å². The summed E-state index contributed by atoms with van der Waals surface area (Å²) >= 11 is 0. The highest BCUT2D eigenvalue weighted by atomic mass is 16.5. The Morgan fingerprint density at radius 3 is 2.54 bits per heavy atom. The lowest BCUT2D eigenvalue weighted by Gasteiger charge is -2.47. The topological polar surface area (TPSA) is 193 Å². The summed E-state index contributed by atoms with van der Waals surface area (Å²) in [5, 5.41) is 7.14. The summed E-state index contributed by atoms with van der Waals surface area (Å²) < 4.78 is 24.7. The molecule has 4 N–H and O–H groups in total. The number of fused-ring (bicyclic) bond motifs is 6. The minimum absolute atomic E-state index is 0.0892. The third-order valence-electron chi connectivity index (χ3n) is 14.6. The Balaban J connectivity index is 0.970. The second kappa shape index (κ2) is 18.9. The first-order valence-corrected chi connectivity index (χ1v) is 24.1. The number of H-pyrrole nitrogens is 2. The Bertz CT molecular complexity index is 2660. The first-order chi connectivity index (χ1) is 32.3. The van der Waals surface area contributed by atoms with Gasteiger partial charge in [0.25, 0.3) is 0 Å². The number of hydrogen-bond donors (Lipinski definition) is 4. The molecule has 356 valence electrons. The second-order valence-electron chi connectivity index (χ2n) is 19.3. The van der Waals surface area contributed by atoms with Gasteiger partial charge in [-0.05, 0) is 139 Å². The molecule has 0 saturated carbocycles. The van der Waals surface area contributed by atoms with Gasteiger partial charge in [0.15, 0.2) is 0 Å². The van der Waals surface area contributed by atoms with Crippen LogP contribution in [0.4, 0.5) is 4.79 Å². The molecule has 4 amide bonds. The molecule has 3 saturated heterocycles. The monoisotopic (exact) mass is 916 g/mol. The maximum atomic E-state index is 14.1. The number of aromatic nitrogens is 4. The van der Waals surface area contributed by atoms with Gasteiger partial charge in [-0.3, -0.25) is 14.4 Å². The number of imidazole rings is 2. The van der Waals surface area contributed by atoms with Crippen molar-refractivity contribution in [2.24, 2.45) is 0 Å². The highest BCUT2D eigenvalue weighted by molar-refractivity contribution is 6.07. The van der Waals surface area contributed by atoms with Crippen molar-refractivity contribution in [2.45, 2.75) is 154 Å². The van der Waals surface area contributed by atoms with Gasteiger partial charge in [-0.25, -0.2) is 14.8 Å². The summed E-state index contributed by atoms with van der Waals surface area (Å²) in [7, 11) is 0. The summed E-state index contributed by atoms with van der Waals surface area (Å²) in [4.78, 5) is 71.9. The van der Waals surface area contributed by atoms with Crippen molar-refractivity contribution in [3.63, 3.8) is 0 Å². The van der Waals surface area contributed by atoms with Gasteiger partial charge < -0.3 is 49.3 Å². The first-order valence-electron chi connectivity index (χ1n) is 24.1. The largest absolute Gasteiger partial charge is 0.488 e. The van der Waals surface area contributed by atoms with Gasteiger partial charge in [0, 0.05) is 10.9 Å². The lowest BCUT2D eigenvalue weighted by Crippen LogP contribution is -2.57. The van der Waals surface area contributed by atoms with Gasteiger partial charge in [-0.1, -0.05) is 25.1 Å². The minimum atomic E-state index is -0.622. The zero-order chi connectivity index (χ0) is 47.0. The highest BCUT2D eigenvalue weighted by Gasteiger charge is 2.50. The van der Waals surface area contributed by atoms with Gasteiger partial charge in [0.05, 0.1) is 84.2 Å². The van der Waals surface area contributed by atoms with Crippen LogP contribution < -0.4 is 15.4 Å². The molecule has 0 spiro atoms. The summed E-state index contributed by atoms with van der Waals surface area (Å²) in [5.74, 6) is 1.70. The Hall–Kier alpha value is -6.00. The fraction of sp³-hybridized carbons (Fsp3) is 0.529. The number of carbonyl (C=O) groups is 4. The van der Waals surface area contributed by atoms with Crippen LogP contribution in [0.5, 0.6) is 5.75 Å². The Labute approximate surface area is 391 Å². The van der Waals surface area contributed by atoms with Crippen LogP contribution in [0.3, 0.4) is 0 Å². The summed E-state index contributed by atoms with van der Waals surface area (Å²) in [6, 6.07) is 13.9. The van der Waals surface area contributed by atoms with Crippen LogP contribution in [-0.2, 0) is 41.7 Å². The fourth-order valence-corrected chi connectivity index (χ4v) is 11.5. The van der Waals surface area contributed by atoms with Crippen LogP contribution >= 0.6 is 0 Å². The van der Waals surface area contributed by atoms with E-state index in [1.807, 2.05) is 11.0 Å². The van der Waals surface area contributed by atoms with Crippen LogP contribution in [0.2, 0.25) is 0 Å². The van der Waals surface area contributed by atoms with Gasteiger partial charge in [-0.2, -0.15) is 0 Å². The molecule has 3 fully saturated rings. The predicted octanol–water partition coefficient (Wildman–Crippen LogP) is 7.99. The normalized spacial score (nSPS) is 25.2. The number of likely N-dealkylation sites (tertiary alicyclic amines) is 1. The number of alkyl carbamates (subject to hydrolysis) is 1. The third-order valence-corrected chi connectivity index (χ3v) is 14.6. The van der Waals surface area contributed by atoms with Crippen molar-refractivity contribution in [2.75, 3.05) is 19.7 Å². The van der Waals surface area contributed by atoms with E-state index in [-0.39, 0.29) is 68.4 Å². The van der Waals surface area contributed by atoms with E-state index in [1.165, 1.54) is 0 Å². The molecule has 16 nitrogen and oxygen atoms in total. The summed E-state index contributed by atoms with van der Waals surface area (Å²) in [6.07, 6.45) is 9.73. The van der Waals surface area contributed by atoms with Crippen molar-refractivity contribution < 1.29 is 38.1 Å². The molecular weight excluding hydrogens is 853 g/mol. The Kier molecular flexibility index (Phi) is 13.0. The average molecular weight is 917 g/mol. The van der Waals surface area contributed by atoms with Crippen LogP contribution in [0.1, 0.15) is 123 Å². The third kappa shape index (κ3) is 9.09. The number of aromatic amines is 2. The van der Waals surface area contributed by atoms with Crippen LogP contribution in [0.15, 0.2) is 48.7 Å². The molecule has 2 aromatic heterocycles. The molecular formula is C51H64N8O8. The van der Waals surface area contributed by atoms with Gasteiger partial charge in [0.2, 0.25) is 18.2 Å². The molecule has 3 unspecified atom stereocenters. The number of benzene rings is 3. The zero-order valence-corrected chi connectivity index (χ0v) is 39.5. The van der Waals surface area contributed by atoms with Gasteiger partial charge in [0.1, 0.15) is 30.5 Å². The number of carbonyl (C=O) groups excluding carboxylic acids is 4. The van der Waals surface area contributed by atoms with Crippen molar-refractivity contribution in [3.8, 4) is 28.1 Å². The molecule has 0 radical (unpaired) electrons. The van der Waals surface area contributed by atoms with E-state index in [0.717, 1.165) is 100 Å². The molecule has 3 aromatic carbocycles. The Morgan fingerprint density at radius 2 is 1.78 bits per heavy atom. The van der Waals surface area contributed by atoms with E-state index in [2.05, 4.69) is 91.6 Å². The molecule has 9 rings (SSSR count). The molecule has 67 heavy (non-hydrogen) atoms. The van der Waals surface area contributed by atoms with Crippen LogP contribution in [-0.4, -0.2) is 109 Å². The molecule has 4 aliphatic heterocycles. The highest BCUT2D eigenvalue weighted by Crippen LogP contribution is 2.47. The van der Waals surface area contributed by atoms with E-state index < -0.39 is 17.3 Å². The maximum Gasteiger partial charge on any atom is 0.407 e. The van der Waals surface area contributed by atoms with E-state index in [0.29, 0.717) is 37.5 Å².